The van der Waals surface area contributed by atoms with Crippen molar-refractivity contribution < 1.29 is 4.79 Å². The smallest absolute Gasteiger partial charge is 0.137 e. The second kappa shape index (κ2) is 4.75. The number of hydrogen-bond acceptors (Lipinski definition) is 1. The molecule has 0 aliphatic heterocycles. The van der Waals surface area contributed by atoms with Gasteiger partial charge in [-0.1, -0.05) is 35.9 Å². The first kappa shape index (κ1) is 10.7. The van der Waals surface area contributed by atoms with Crippen LogP contribution in [0.4, 0.5) is 0 Å². The van der Waals surface area contributed by atoms with Crippen LogP contribution in [0.15, 0.2) is 42.5 Å². The first-order valence-corrected chi connectivity index (χ1v) is 4.81. The van der Waals surface area contributed by atoms with Gasteiger partial charge < -0.3 is 0 Å². The van der Waals surface area contributed by atoms with Gasteiger partial charge in [0.25, 0.3) is 0 Å². The summed E-state index contributed by atoms with van der Waals surface area (Å²) in [6.45, 7) is 7.45. The molecule has 1 nitrogen and oxygen atoms in total. The molecule has 0 radical (unpaired) electrons. The van der Waals surface area contributed by atoms with Gasteiger partial charge in [0.2, 0.25) is 0 Å². The second-order valence-corrected chi connectivity index (χ2v) is 3.74. The van der Waals surface area contributed by atoms with E-state index in [1.165, 1.54) is 0 Å². The monoisotopic (exact) mass is 188 g/mol. The van der Waals surface area contributed by atoms with E-state index in [-0.39, 0.29) is 11.7 Å². The Labute approximate surface area is 85.5 Å². The van der Waals surface area contributed by atoms with Crippen molar-refractivity contribution in [3.05, 3.63) is 48.0 Å². The lowest BCUT2D eigenvalue weighted by Gasteiger charge is -2.13. The summed E-state index contributed by atoms with van der Waals surface area (Å²) in [6.07, 6.45) is 0.749. The molecule has 14 heavy (non-hydrogen) atoms. The normalized spacial score (nSPS) is 12.1. The van der Waals surface area contributed by atoms with Crippen molar-refractivity contribution in [2.45, 2.75) is 26.2 Å². The Morgan fingerprint density at radius 1 is 1.29 bits per heavy atom. The van der Waals surface area contributed by atoms with Crippen molar-refractivity contribution in [1.82, 2.24) is 0 Å². The van der Waals surface area contributed by atoms with Gasteiger partial charge in [-0.05, 0) is 25.8 Å². The fourth-order valence-electron chi connectivity index (χ4n) is 1.53. The van der Waals surface area contributed by atoms with Crippen LogP contribution in [0.3, 0.4) is 0 Å². The first-order valence-electron chi connectivity index (χ1n) is 4.81. The highest BCUT2D eigenvalue weighted by atomic mass is 16.1. The molecule has 0 bridgehead atoms. The van der Waals surface area contributed by atoms with Crippen LogP contribution in [0.25, 0.3) is 0 Å². The summed E-state index contributed by atoms with van der Waals surface area (Å²) in [6, 6.07) is 9.87. The Hall–Kier alpha value is -1.37. The molecule has 0 heterocycles. The predicted octanol–water partition coefficient (Wildman–Crippen LogP) is 3.33. The maximum Gasteiger partial charge on any atom is 0.137 e. The van der Waals surface area contributed by atoms with Crippen molar-refractivity contribution in [3.63, 3.8) is 0 Å². The maximum atomic E-state index is 11.4. The average molecular weight is 188 g/mol. The largest absolute Gasteiger partial charge is 0.299 e. The van der Waals surface area contributed by atoms with Gasteiger partial charge in [0.1, 0.15) is 5.78 Å². The molecule has 1 rings (SSSR count). The standard InChI is InChI=1S/C13H16O/c1-10(2)9-13(11(3)14)12-7-5-4-6-8-12/h4-8,13H,1,9H2,2-3H3. The molecule has 0 saturated carbocycles. The second-order valence-electron chi connectivity index (χ2n) is 3.74. The molecule has 0 fully saturated rings. The lowest BCUT2D eigenvalue weighted by molar-refractivity contribution is -0.118. The third-order valence-corrected chi connectivity index (χ3v) is 2.25. The average Bonchev–Trinajstić information content (AvgIpc) is 2.15. The molecule has 0 N–H and O–H groups in total. The van der Waals surface area contributed by atoms with Crippen molar-refractivity contribution in [1.29, 1.82) is 0 Å². The molecular formula is C13H16O. The van der Waals surface area contributed by atoms with Crippen LogP contribution in [-0.4, -0.2) is 5.78 Å². The van der Waals surface area contributed by atoms with E-state index in [0.717, 1.165) is 17.6 Å². The molecule has 1 unspecified atom stereocenters. The predicted molar refractivity (Wildman–Crippen MR) is 59.3 cm³/mol. The van der Waals surface area contributed by atoms with E-state index in [2.05, 4.69) is 6.58 Å². The Kier molecular flexibility index (Phi) is 3.63. The van der Waals surface area contributed by atoms with E-state index < -0.39 is 0 Å². The molecule has 0 aromatic heterocycles. The summed E-state index contributed by atoms with van der Waals surface area (Å²) >= 11 is 0. The zero-order valence-corrected chi connectivity index (χ0v) is 8.79. The summed E-state index contributed by atoms with van der Waals surface area (Å²) in [7, 11) is 0. The SMILES string of the molecule is C=C(C)CC(C(C)=O)c1ccccc1. The van der Waals surface area contributed by atoms with Crippen LogP contribution in [0.1, 0.15) is 31.7 Å². The van der Waals surface area contributed by atoms with E-state index in [1.807, 2.05) is 37.3 Å². The van der Waals surface area contributed by atoms with Crippen LogP contribution < -0.4 is 0 Å². The van der Waals surface area contributed by atoms with E-state index in [1.54, 1.807) is 6.92 Å². The Balaban J connectivity index is 2.89. The number of ketones is 1. The van der Waals surface area contributed by atoms with Crippen LogP contribution in [0, 0.1) is 0 Å². The van der Waals surface area contributed by atoms with E-state index in [9.17, 15) is 4.79 Å². The third kappa shape index (κ3) is 2.84. The molecule has 0 aliphatic carbocycles. The Morgan fingerprint density at radius 3 is 2.29 bits per heavy atom. The first-order chi connectivity index (χ1) is 6.61. The highest BCUT2D eigenvalue weighted by Crippen LogP contribution is 2.23. The third-order valence-electron chi connectivity index (χ3n) is 2.25. The molecule has 1 heteroatoms. The zero-order chi connectivity index (χ0) is 10.6. The van der Waals surface area contributed by atoms with Crippen molar-refractivity contribution in [2.75, 3.05) is 0 Å². The molecule has 0 amide bonds. The van der Waals surface area contributed by atoms with Crippen LogP contribution >= 0.6 is 0 Å². The minimum atomic E-state index is -0.0197. The summed E-state index contributed by atoms with van der Waals surface area (Å²) in [5.41, 5.74) is 2.14. The molecule has 0 spiro atoms. The molecule has 1 aromatic carbocycles. The Morgan fingerprint density at radius 2 is 1.86 bits per heavy atom. The Bertz CT molecular complexity index is 324. The minimum Gasteiger partial charge on any atom is -0.299 e. The highest BCUT2D eigenvalue weighted by molar-refractivity contribution is 5.83. The minimum absolute atomic E-state index is 0.0197. The quantitative estimate of drug-likeness (QED) is 0.662. The van der Waals surface area contributed by atoms with Gasteiger partial charge in [0.15, 0.2) is 0 Å². The molecule has 1 aromatic rings. The molecule has 0 aliphatic rings. The van der Waals surface area contributed by atoms with Crippen molar-refractivity contribution in [3.8, 4) is 0 Å². The van der Waals surface area contributed by atoms with Gasteiger partial charge in [0, 0.05) is 5.92 Å². The fourth-order valence-corrected chi connectivity index (χ4v) is 1.53. The lowest BCUT2D eigenvalue weighted by Crippen LogP contribution is -2.08. The van der Waals surface area contributed by atoms with E-state index in [4.69, 9.17) is 0 Å². The summed E-state index contributed by atoms with van der Waals surface area (Å²) < 4.78 is 0. The number of hydrogen-bond donors (Lipinski definition) is 0. The number of carbonyl (C=O) groups is 1. The van der Waals surface area contributed by atoms with Gasteiger partial charge in [-0.25, -0.2) is 0 Å². The molecular weight excluding hydrogens is 172 g/mol. The number of allylic oxidation sites excluding steroid dienone is 1. The topological polar surface area (TPSA) is 17.1 Å². The highest BCUT2D eigenvalue weighted by Gasteiger charge is 2.15. The number of carbonyl (C=O) groups excluding carboxylic acids is 1. The van der Waals surface area contributed by atoms with E-state index in [0.29, 0.717) is 0 Å². The van der Waals surface area contributed by atoms with Gasteiger partial charge in [-0.3, -0.25) is 4.79 Å². The lowest BCUT2D eigenvalue weighted by atomic mass is 9.90. The molecule has 1 atom stereocenters. The van der Waals surface area contributed by atoms with Crippen molar-refractivity contribution >= 4 is 5.78 Å². The fraction of sp³-hybridized carbons (Fsp3) is 0.308. The molecule has 0 saturated heterocycles. The van der Waals surface area contributed by atoms with Gasteiger partial charge in [0.05, 0.1) is 0 Å². The maximum absolute atomic E-state index is 11.4. The number of Topliss-reactive ketones (excluding diaryl/α,β-unsaturated/α-hetero) is 1. The van der Waals surface area contributed by atoms with Gasteiger partial charge in [-0.2, -0.15) is 0 Å². The van der Waals surface area contributed by atoms with Gasteiger partial charge in [-0.15, -0.1) is 6.58 Å². The number of benzene rings is 1. The van der Waals surface area contributed by atoms with Crippen LogP contribution in [-0.2, 0) is 4.79 Å². The zero-order valence-electron chi connectivity index (χ0n) is 8.79. The molecule has 74 valence electrons. The van der Waals surface area contributed by atoms with Gasteiger partial charge >= 0.3 is 0 Å². The summed E-state index contributed by atoms with van der Waals surface area (Å²) in [5, 5.41) is 0. The van der Waals surface area contributed by atoms with Crippen LogP contribution in [0.5, 0.6) is 0 Å². The summed E-state index contributed by atoms with van der Waals surface area (Å²) in [4.78, 5) is 11.4. The van der Waals surface area contributed by atoms with E-state index >= 15 is 0 Å². The summed E-state index contributed by atoms with van der Waals surface area (Å²) in [5.74, 6) is 0.188. The van der Waals surface area contributed by atoms with Crippen molar-refractivity contribution in [2.24, 2.45) is 0 Å². The van der Waals surface area contributed by atoms with Crippen LogP contribution in [0.2, 0.25) is 0 Å². The number of rotatable bonds is 4.